The molecule has 0 amide bonds. The molecule has 18 heavy (non-hydrogen) atoms. The number of piperidine rings is 1. The van der Waals surface area contributed by atoms with Crippen LogP contribution in [0.1, 0.15) is 36.9 Å². The summed E-state index contributed by atoms with van der Waals surface area (Å²) in [5.41, 5.74) is 2.45. The number of hydrogen-bond acceptors (Lipinski definition) is 3. The molecule has 1 atom stereocenters. The maximum Gasteiger partial charge on any atom is 0.0638 e. The summed E-state index contributed by atoms with van der Waals surface area (Å²) in [5, 5.41) is 7.90. The van der Waals surface area contributed by atoms with Crippen molar-refractivity contribution < 1.29 is 0 Å². The van der Waals surface area contributed by atoms with Crippen molar-refractivity contribution in [3.05, 3.63) is 17.5 Å². The lowest BCUT2D eigenvalue weighted by Gasteiger charge is -2.32. The van der Waals surface area contributed by atoms with Crippen LogP contribution in [0.2, 0.25) is 0 Å². The molecule has 1 aromatic rings. The lowest BCUT2D eigenvalue weighted by molar-refractivity contribution is 0.175. The first-order valence-corrected chi connectivity index (χ1v) is 7.07. The lowest BCUT2D eigenvalue weighted by Crippen LogP contribution is -2.38. The van der Waals surface area contributed by atoms with E-state index in [1.807, 2.05) is 11.7 Å². The fourth-order valence-electron chi connectivity index (χ4n) is 2.82. The molecule has 0 aromatic carbocycles. The monoisotopic (exact) mass is 250 g/mol. The number of aromatic nitrogens is 2. The highest BCUT2D eigenvalue weighted by Crippen LogP contribution is 2.17. The molecule has 0 spiro atoms. The Morgan fingerprint density at radius 1 is 1.39 bits per heavy atom. The molecular weight excluding hydrogens is 224 g/mol. The summed E-state index contributed by atoms with van der Waals surface area (Å²) >= 11 is 0. The molecule has 1 unspecified atom stereocenters. The zero-order valence-electron chi connectivity index (χ0n) is 11.9. The summed E-state index contributed by atoms with van der Waals surface area (Å²) in [6, 6.07) is 0.779. The van der Waals surface area contributed by atoms with Crippen molar-refractivity contribution in [2.24, 2.45) is 7.05 Å². The van der Waals surface area contributed by atoms with Gasteiger partial charge < -0.3 is 10.2 Å². The molecule has 102 valence electrons. The van der Waals surface area contributed by atoms with E-state index in [0.29, 0.717) is 0 Å². The highest BCUT2D eigenvalue weighted by Gasteiger charge is 2.17. The highest BCUT2D eigenvalue weighted by molar-refractivity contribution is 5.14. The highest BCUT2D eigenvalue weighted by atomic mass is 15.2. The van der Waals surface area contributed by atoms with Crippen LogP contribution in [0.3, 0.4) is 0 Å². The molecule has 2 heterocycles. The average molecular weight is 250 g/mol. The predicted octanol–water partition coefficient (Wildman–Crippen LogP) is 1.69. The van der Waals surface area contributed by atoms with E-state index >= 15 is 0 Å². The predicted molar refractivity (Wildman–Crippen MR) is 74.5 cm³/mol. The molecule has 1 saturated heterocycles. The van der Waals surface area contributed by atoms with Crippen LogP contribution in [0.5, 0.6) is 0 Å². The third kappa shape index (κ3) is 3.56. The van der Waals surface area contributed by atoms with E-state index in [9.17, 15) is 0 Å². The standard InChI is InChI=1S/C14H26N4/c1-12-13(11-18(3)16-12)10-15-8-7-14-6-4-5-9-17(14)2/h11,14-15H,4-10H2,1-3H3. The van der Waals surface area contributed by atoms with Gasteiger partial charge in [0.2, 0.25) is 0 Å². The summed E-state index contributed by atoms with van der Waals surface area (Å²) < 4.78 is 1.89. The van der Waals surface area contributed by atoms with Crippen molar-refractivity contribution in [3.8, 4) is 0 Å². The van der Waals surface area contributed by atoms with E-state index in [1.54, 1.807) is 0 Å². The van der Waals surface area contributed by atoms with Gasteiger partial charge in [-0.25, -0.2) is 0 Å². The molecule has 2 rings (SSSR count). The van der Waals surface area contributed by atoms with Gasteiger partial charge in [-0.05, 0) is 46.3 Å². The minimum absolute atomic E-state index is 0.779. The second-order valence-corrected chi connectivity index (χ2v) is 5.51. The summed E-state index contributed by atoms with van der Waals surface area (Å²) in [6.07, 6.45) is 7.50. The Balaban J connectivity index is 1.68. The minimum atomic E-state index is 0.779. The first-order valence-electron chi connectivity index (χ1n) is 7.07. The quantitative estimate of drug-likeness (QED) is 0.807. The molecule has 1 N–H and O–H groups in total. The maximum absolute atomic E-state index is 4.36. The van der Waals surface area contributed by atoms with Gasteiger partial charge in [-0.2, -0.15) is 5.10 Å². The summed E-state index contributed by atoms with van der Waals surface area (Å²) in [6.45, 7) is 5.39. The minimum Gasteiger partial charge on any atom is -0.312 e. The Labute approximate surface area is 110 Å². The Morgan fingerprint density at radius 3 is 2.89 bits per heavy atom. The Hall–Kier alpha value is -0.870. The van der Waals surface area contributed by atoms with Crippen LogP contribution in [0.4, 0.5) is 0 Å². The Kier molecular flexibility index (Phi) is 4.78. The molecule has 0 saturated carbocycles. The van der Waals surface area contributed by atoms with E-state index in [-0.39, 0.29) is 0 Å². The first kappa shape index (κ1) is 13.6. The van der Waals surface area contributed by atoms with Gasteiger partial charge >= 0.3 is 0 Å². The van der Waals surface area contributed by atoms with E-state index in [4.69, 9.17) is 0 Å². The maximum atomic E-state index is 4.36. The van der Waals surface area contributed by atoms with Gasteiger partial charge in [-0.1, -0.05) is 6.42 Å². The van der Waals surface area contributed by atoms with Gasteiger partial charge in [0, 0.05) is 31.4 Å². The van der Waals surface area contributed by atoms with Crippen LogP contribution < -0.4 is 5.32 Å². The zero-order chi connectivity index (χ0) is 13.0. The molecule has 0 radical (unpaired) electrons. The van der Waals surface area contributed by atoms with Crippen molar-refractivity contribution in [2.75, 3.05) is 20.1 Å². The summed E-state index contributed by atoms with van der Waals surface area (Å²) in [7, 11) is 4.24. The SMILES string of the molecule is Cc1nn(C)cc1CNCCC1CCCCN1C. The van der Waals surface area contributed by atoms with Crippen LogP contribution in [0.15, 0.2) is 6.20 Å². The third-order valence-corrected chi connectivity index (χ3v) is 4.01. The lowest BCUT2D eigenvalue weighted by atomic mass is 10.0. The summed E-state index contributed by atoms with van der Waals surface area (Å²) in [5.74, 6) is 0. The van der Waals surface area contributed by atoms with Gasteiger partial charge in [0.05, 0.1) is 5.69 Å². The van der Waals surface area contributed by atoms with Crippen LogP contribution in [0.25, 0.3) is 0 Å². The van der Waals surface area contributed by atoms with E-state index in [0.717, 1.165) is 24.8 Å². The number of nitrogens with zero attached hydrogens (tertiary/aromatic N) is 3. The topological polar surface area (TPSA) is 33.1 Å². The van der Waals surface area contributed by atoms with E-state index in [2.05, 4.69) is 35.5 Å². The number of aryl methyl sites for hydroxylation is 2. The molecule has 1 aromatic heterocycles. The number of rotatable bonds is 5. The largest absolute Gasteiger partial charge is 0.312 e. The average Bonchev–Trinajstić information content (AvgIpc) is 2.65. The van der Waals surface area contributed by atoms with Crippen molar-refractivity contribution in [1.29, 1.82) is 0 Å². The Bertz CT molecular complexity index is 372. The summed E-state index contributed by atoms with van der Waals surface area (Å²) in [4.78, 5) is 2.51. The van der Waals surface area contributed by atoms with Crippen molar-refractivity contribution >= 4 is 0 Å². The van der Waals surface area contributed by atoms with Crippen LogP contribution in [-0.4, -0.2) is 40.9 Å². The van der Waals surface area contributed by atoms with Crippen LogP contribution >= 0.6 is 0 Å². The number of likely N-dealkylation sites (tertiary alicyclic amines) is 1. The second kappa shape index (κ2) is 6.34. The van der Waals surface area contributed by atoms with Crippen LogP contribution in [-0.2, 0) is 13.6 Å². The first-order chi connectivity index (χ1) is 8.66. The number of nitrogens with one attached hydrogen (secondary N) is 1. The fraction of sp³-hybridized carbons (Fsp3) is 0.786. The van der Waals surface area contributed by atoms with Gasteiger partial charge in [0.15, 0.2) is 0 Å². The van der Waals surface area contributed by atoms with Gasteiger partial charge in [0.1, 0.15) is 0 Å². The van der Waals surface area contributed by atoms with Crippen LogP contribution in [0, 0.1) is 6.92 Å². The Morgan fingerprint density at radius 2 is 2.22 bits per heavy atom. The molecule has 1 aliphatic rings. The fourth-order valence-corrected chi connectivity index (χ4v) is 2.82. The molecule has 0 aliphatic carbocycles. The molecule has 4 heteroatoms. The molecule has 0 bridgehead atoms. The normalized spacial score (nSPS) is 21.4. The smallest absolute Gasteiger partial charge is 0.0638 e. The van der Waals surface area contributed by atoms with Gasteiger partial charge in [0.25, 0.3) is 0 Å². The van der Waals surface area contributed by atoms with E-state index in [1.165, 1.54) is 37.8 Å². The second-order valence-electron chi connectivity index (χ2n) is 5.51. The molecule has 1 aliphatic heterocycles. The molecule has 4 nitrogen and oxygen atoms in total. The molecule has 1 fully saturated rings. The molecular formula is C14H26N4. The van der Waals surface area contributed by atoms with Crippen molar-refractivity contribution in [2.45, 2.75) is 45.2 Å². The van der Waals surface area contributed by atoms with E-state index < -0.39 is 0 Å². The van der Waals surface area contributed by atoms with Gasteiger partial charge in [-0.3, -0.25) is 4.68 Å². The zero-order valence-corrected chi connectivity index (χ0v) is 11.9. The number of hydrogen-bond donors (Lipinski definition) is 1. The van der Waals surface area contributed by atoms with Gasteiger partial charge in [-0.15, -0.1) is 0 Å². The third-order valence-electron chi connectivity index (χ3n) is 4.01. The van der Waals surface area contributed by atoms with Crippen molar-refractivity contribution in [3.63, 3.8) is 0 Å². The van der Waals surface area contributed by atoms with Crippen molar-refractivity contribution in [1.82, 2.24) is 20.0 Å².